The highest BCUT2D eigenvalue weighted by molar-refractivity contribution is 7.80. The van der Waals surface area contributed by atoms with Gasteiger partial charge >= 0.3 is 0 Å². The molecule has 0 saturated carbocycles. The van der Waals surface area contributed by atoms with Crippen LogP contribution in [0.1, 0.15) is 30.2 Å². The fraction of sp³-hybridized carbons (Fsp3) is 0.206. The summed E-state index contributed by atoms with van der Waals surface area (Å²) in [5.74, 6) is 2.63. The standard InChI is InChI=1S/C34H33N3O2S/c1-2-19-37-30(33(27-9-5-3-6-10-27)35-34(37)28-11-7-4-8-12-28)23-36(21-25-13-16-29(40)17-14-25)22-26-15-18-31-32(20-26)39-24-38-31/h3-18,20,40H,2,19,21-24H2,1H3. The minimum atomic E-state index is 0.275. The Kier molecular flexibility index (Phi) is 7.89. The number of rotatable bonds is 10. The molecule has 1 aliphatic heterocycles. The Bertz CT molecular complexity index is 1570. The lowest BCUT2D eigenvalue weighted by molar-refractivity contribution is 0.174. The molecule has 0 spiro atoms. The first kappa shape index (κ1) is 26.2. The Morgan fingerprint density at radius 1 is 0.750 bits per heavy atom. The second-order valence-corrected chi connectivity index (χ2v) is 10.6. The highest BCUT2D eigenvalue weighted by Crippen LogP contribution is 2.34. The largest absolute Gasteiger partial charge is 0.454 e. The lowest BCUT2D eigenvalue weighted by Crippen LogP contribution is -2.24. The topological polar surface area (TPSA) is 39.5 Å². The van der Waals surface area contributed by atoms with Crippen molar-refractivity contribution in [3.8, 4) is 34.1 Å². The fourth-order valence-corrected chi connectivity index (χ4v) is 5.43. The molecule has 1 aromatic heterocycles. The van der Waals surface area contributed by atoms with Crippen LogP contribution in [0.25, 0.3) is 22.6 Å². The van der Waals surface area contributed by atoms with Crippen molar-refractivity contribution in [2.24, 2.45) is 0 Å². The molecule has 5 aromatic rings. The Morgan fingerprint density at radius 2 is 1.40 bits per heavy atom. The van der Waals surface area contributed by atoms with Crippen LogP contribution in [-0.2, 0) is 26.2 Å². The molecule has 2 heterocycles. The van der Waals surface area contributed by atoms with Crippen LogP contribution in [0.4, 0.5) is 0 Å². The van der Waals surface area contributed by atoms with Gasteiger partial charge in [-0.25, -0.2) is 4.98 Å². The predicted octanol–water partition coefficient (Wildman–Crippen LogP) is 7.85. The van der Waals surface area contributed by atoms with Gasteiger partial charge < -0.3 is 14.0 Å². The highest BCUT2D eigenvalue weighted by Gasteiger charge is 2.22. The smallest absolute Gasteiger partial charge is 0.231 e. The van der Waals surface area contributed by atoms with Crippen molar-refractivity contribution >= 4 is 12.6 Å². The summed E-state index contributed by atoms with van der Waals surface area (Å²) in [5, 5.41) is 0. The summed E-state index contributed by atoms with van der Waals surface area (Å²) in [6.07, 6.45) is 1.02. The SMILES string of the molecule is CCCn1c(-c2ccccc2)nc(-c2ccccc2)c1CN(Cc1ccc(S)cc1)Cc1ccc2c(c1)OCO2. The number of imidazole rings is 1. The predicted molar refractivity (Wildman–Crippen MR) is 163 cm³/mol. The molecule has 0 atom stereocenters. The zero-order valence-electron chi connectivity index (χ0n) is 22.7. The summed E-state index contributed by atoms with van der Waals surface area (Å²) in [4.78, 5) is 8.73. The van der Waals surface area contributed by atoms with Crippen LogP contribution in [0.5, 0.6) is 11.5 Å². The maximum absolute atomic E-state index is 5.69. The van der Waals surface area contributed by atoms with E-state index in [9.17, 15) is 0 Å². The van der Waals surface area contributed by atoms with Crippen LogP contribution in [0.2, 0.25) is 0 Å². The quantitative estimate of drug-likeness (QED) is 0.181. The molecule has 40 heavy (non-hydrogen) atoms. The molecule has 202 valence electrons. The minimum Gasteiger partial charge on any atom is -0.454 e. The molecular formula is C34H33N3O2S. The van der Waals surface area contributed by atoms with Crippen molar-refractivity contribution in [1.29, 1.82) is 0 Å². The molecular weight excluding hydrogens is 514 g/mol. The molecule has 1 aliphatic rings. The van der Waals surface area contributed by atoms with Gasteiger partial charge in [0.05, 0.1) is 11.4 Å². The highest BCUT2D eigenvalue weighted by atomic mass is 32.1. The lowest BCUT2D eigenvalue weighted by Gasteiger charge is -2.25. The van der Waals surface area contributed by atoms with Gasteiger partial charge in [-0.05, 0) is 41.8 Å². The van der Waals surface area contributed by atoms with Crippen LogP contribution in [0.15, 0.2) is 108 Å². The van der Waals surface area contributed by atoms with Gasteiger partial charge in [0.25, 0.3) is 0 Å². The summed E-state index contributed by atoms with van der Waals surface area (Å²) in [6.45, 7) is 5.68. The van der Waals surface area contributed by atoms with Gasteiger partial charge in [-0.2, -0.15) is 0 Å². The summed E-state index contributed by atoms with van der Waals surface area (Å²) >= 11 is 4.50. The van der Waals surface area contributed by atoms with Gasteiger partial charge in [-0.3, -0.25) is 4.90 Å². The van der Waals surface area contributed by atoms with Crippen molar-refractivity contribution in [3.63, 3.8) is 0 Å². The van der Waals surface area contributed by atoms with E-state index in [0.29, 0.717) is 0 Å². The van der Waals surface area contributed by atoms with Crippen molar-refractivity contribution in [3.05, 3.63) is 120 Å². The van der Waals surface area contributed by atoms with E-state index >= 15 is 0 Å². The number of benzene rings is 4. The molecule has 0 N–H and O–H groups in total. The van der Waals surface area contributed by atoms with E-state index in [1.807, 2.05) is 6.07 Å². The van der Waals surface area contributed by atoms with E-state index in [2.05, 4.69) is 126 Å². The third kappa shape index (κ3) is 5.79. The first-order chi connectivity index (χ1) is 19.7. The second-order valence-electron chi connectivity index (χ2n) is 10.1. The number of fused-ring (bicyclic) bond motifs is 1. The van der Waals surface area contributed by atoms with E-state index in [0.717, 1.165) is 71.6 Å². The van der Waals surface area contributed by atoms with E-state index in [1.54, 1.807) is 0 Å². The van der Waals surface area contributed by atoms with Gasteiger partial charge in [0.2, 0.25) is 6.79 Å². The van der Waals surface area contributed by atoms with Crippen LogP contribution in [0.3, 0.4) is 0 Å². The number of nitrogens with zero attached hydrogens (tertiary/aromatic N) is 3. The Labute approximate surface area is 241 Å². The molecule has 0 aliphatic carbocycles. The average Bonchev–Trinajstić information content (AvgIpc) is 3.60. The Morgan fingerprint density at radius 3 is 2.12 bits per heavy atom. The van der Waals surface area contributed by atoms with E-state index in [4.69, 9.17) is 14.5 Å². The minimum absolute atomic E-state index is 0.275. The Balaban J connectivity index is 1.43. The molecule has 6 rings (SSSR count). The van der Waals surface area contributed by atoms with Crippen LogP contribution >= 0.6 is 12.6 Å². The van der Waals surface area contributed by atoms with Gasteiger partial charge in [-0.15, -0.1) is 12.6 Å². The number of thiol groups is 1. The lowest BCUT2D eigenvalue weighted by atomic mass is 10.1. The van der Waals surface area contributed by atoms with Gasteiger partial charge in [0.1, 0.15) is 5.82 Å². The molecule has 6 heteroatoms. The zero-order chi connectivity index (χ0) is 27.3. The maximum Gasteiger partial charge on any atom is 0.231 e. The first-order valence-corrected chi connectivity index (χ1v) is 14.2. The molecule has 0 unspecified atom stereocenters. The van der Waals surface area contributed by atoms with E-state index in [1.165, 1.54) is 16.8 Å². The van der Waals surface area contributed by atoms with Gasteiger partial charge in [0, 0.05) is 42.2 Å². The van der Waals surface area contributed by atoms with Crippen molar-refractivity contribution in [2.75, 3.05) is 6.79 Å². The molecule has 4 aromatic carbocycles. The molecule has 0 radical (unpaired) electrons. The van der Waals surface area contributed by atoms with Crippen LogP contribution < -0.4 is 9.47 Å². The Hall–Kier alpha value is -4.00. The first-order valence-electron chi connectivity index (χ1n) is 13.8. The summed E-state index contributed by atoms with van der Waals surface area (Å²) in [6, 6.07) is 35.7. The summed E-state index contributed by atoms with van der Waals surface area (Å²) < 4.78 is 13.7. The van der Waals surface area contributed by atoms with Crippen molar-refractivity contribution < 1.29 is 9.47 Å². The van der Waals surface area contributed by atoms with Crippen LogP contribution in [0, 0.1) is 0 Å². The monoisotopic (exact) mass is 547 g/mol. The molecule has 0 amide bonds. The number of ether oxygens (including phenoxy) is 2. The van der Waals surface area contributed by atoms with E-state index in [-0.39, 0.29) is 6.79 Å². The molecule has 0 fully saturated rings. The summed E-state index contributed by atoms with van der Waals surface area (Å²) in [5.41, 5.74) is 6.94. The number of hydrogen-bond donors (Lipinski definition) is 1. The molecule has 0 bridgehead atoms. The molecule has 0 saturated heterocycles. The van der Waals surface area contributed by atoms with Crippen LogP contribution in [-0.4, -0.2) is 21.2 Å². The third-order valence-corrected chi connectivity index (χ3v) is 7.46. The number of aromatic nitrogens is 2. The maximum atomic E-state index is 5.69. The third-order valence-electron chi connectivity index (χ3n) is 7.16. The summed E-state index contributed by atoms with van der Waals surface area (Å²) in [7, 11) is 0. The van der Waals surface area contributed by atoms with E-state index < -0.39 is 0 Å². The normalized spacial score (nSPS) is 12.3. The van der Waals surface area contributed by atoms with Gasteiger partial charge in [0.15, 0.2) is 11.5 Å². The average molecular weight is 548 g/mol. The van der Waals surface area contributed by atoms with Gasteiger partial charge in [-0.1, -0.05) is 85.8 Å². The zero-order valence-corrected chi connectivity index (χ0v) is 23.6. The van der Waals surface area contributed by atoms with Crippen molar-refractivity contribution in [2.45, 2.75) is 44.4 Å². The van der Waals surface area contributed by atoms with Crippen molar-refractivity contribution in [1.82, 2.24) is 14.5 Å². The molecule has 5 nitrogen and oxygen atoms in total. The second kappa shape index (κ2) is 12.0. The fourth-order valence-electron chi connectivity index (χ4n) is 5.28. The number of hydrogen-bond acceptors (Lipinski definition) is 5.